The molecule has 0 aromatic heterocycles. The monoisotopic (exact) mass is 362 g/mol. The molecule has 0 amide bonds. The number of hydrogen-bond donors (Lipinski definition) is 1. The molecule has 2 saturated heterocycles. The van der Waals surface area contributed by atoms with Crippen LogP contribution < -0.4 is 5.32 Å². The van der Waals surface area contributed by atoms with Gasteiger partial charge in [0.2, 0.25) is 10.0 Å². The molecule has 1 atom stereocenters. The highest BCUT2D eigenvalue weighted by atomic mass is 35.5. The molecule has 2 heterocycles. The molecule has 1 aromatic rings. The Labute approximate surface area is 143 Å². The molecule has 2 aliphatic rings. The van der Waals surface area contributed by atoms with Crippen molar-refractivity contribution in [3.8, 4) is 0 Å². The Morgan fingerprint density at radius 3 is 2.48 bits per heavy atom. The lowest BCUT2D eigenvalue weighted by molar-refractivity contribution is 0.216. The number of nitrogens with one attached hydrogen (secondary N) is 1. The molecule has 0 spiro atoms. The number of sulfonamides is 1. The normalized spacial score (nSPS) is 23.7. The van der Waals surface area contributed by atoms with E-state index in [4.69, 9.17) is 0 Å². The Balaban J connectivity index is 0.00000192. The summed E-state index contributed by atoms with van der Waals surface area (Å²) in [6.45, 7) is 4.92. The largest absolute Gasteiger partial charge is 0.316 e. The first-order chi connectivity index (χ1) is 10.5. The van der Waals surface area contributed by atoms with Crippen LogP contribution in [0, 0.1) is 24.6 Å². The zero-order valence-electron chi connectivity index (χ0n) is 13.3. The first-order valence-electron chi connectivity index (χ1n) is 7.95. The zero-order valence-corrected chi connectivity index (χ0v) is 14.9. The summed E-state index contributed by atoms with van der Waals surface area (Å²) in [5, 5.41) is 3.38. The third kappa shape index (κ3) is 3.87. The molecule has 2 aliphatic heterocycles. The van der Waals surface area contributed by atoms with E-state index in [2.05, 4.69) is 5.32 Å². The van der Waals surface area contributed by atoms with Gasteiger partial charge >= 0.3 is 0 Å². The Morgan fingerprint density at radius 2 is 1.87 bits per heavy atom. The van der Waals surface area contributed by atoms with Gasteiger partial charge in [-0.05, 0) is 68.8 Å². The van der Waals surface area contributed by atoms with Gasteiger partial charge in [0.05, 0.1) is 4.90 Å². The van der Waals surface area contributed by atoms with Crippen LogP contribution in [0.15, 0.2) is 23.1 Å². The number of rotatable bonds is 3. The highest BCUT2D eigenvalue weighted by molar-refractivity contribution is 7.89. The van der Waals surface area contributed by atoms with Gasteiger partial charge in [0.25, 0.3) is 0 Å². The number of piperidine rings is 1. The average Bonchev–Trinajstić information content (AvgIpc) is 3.04. The van der Waals surface area contributed by atoms with E-state index >= 15 is 0 Å². The van der Waals surface area contributed by atoms with Crippen molar-refractivity contribution < 1.29 is 12.8 Å². The lowest BCUT2D eigenvalue weighted by Crippen LogP contribution is -2.40. The standard InChI is InChI=1S/C16H23FN2O2S.ClH/c1-12-2-3-15(17)10-16(12)22(20,21)19-8-5-13(6-9-19)14-4-7-18-11-14;/h2-3,10,13-14,18H,4-9,11H2,1H3;1H. The van der Waals surface area contributed by atoms with E-state index in [9.17, 15) is 12.8 Å². The van der Waals surface area contributed by atoms with Crippen LogP contribution in [-0.2, 0) is 10.0 Å². The predicted molar refractivity (Wildman–Crippen MR) is 90.8 cm³/mol. The van der Waals surface area contributed by atoms with Crippen molar-refractivity contribution >= 4 is 22.4 Å². The highest BCUT2D eigenvalue weighted by Gasteiger charge is 2.34. The fraction of sp³-hybridized carbons (Fsp3) is 0.625. The fourth-order valence-corrected chi connectivity index (χ4v) is 5.36. The number of aryl methyl sites for hydroxylation is 1. The van der Waals surface area contributed by atoms with Gasteiger partial charge < -0.3 is 5.32 Å². The summed E-state index contributed by atoms with van der Waals surface area (Å²) in [6, 6.07) is 3.96. The van der Waals surface area contributed by atoms with Crippen LogP contribution in [0.4, 0.5) is 4.39 Å². The molecule has 2 fully saturated rings. The van der Waals surface area contributed by atoms with Crippen molar-refractivity contribution in [2.45, 2.75) is 31.1 Å². The topological polar surface area (TPSA) is 49.4 Å². The summed E-state index contributed by atoms with van der Waals surface area (Å²) in [5.41, 5.74) is 0.600. The molecule has 0 radical (unpaired) electrons. The molecule has 130 valence electrons. The van der Waals surface area contributed by atoms with Crippen LogP contribution >= 0.6 is 12.4 Å². The minimum Gasteiger partial charge on any atom is -0.316 e. The van der Waals surface area contributed by atoms with Gasteiger partial charge in [-0.15, -0.1) is 12.4 Å². The maximum Gasteiger partial charge on any atom is 0.243 e. The minimum atomic E-state index is -3.58. The predicted octanol–water partition coefficient (Wildman–Crippen LogP) is 2.57. The van der Waals surface area contributed by atoms with E-state index in [-0.39, 0.29) is 17.3 Å². The number of hydrogen-bond acceptors (Lipinski definition) is 3. The summed E-state index contributed by atoms with van der Waals surface area (Å²) in [5.74, 6) is 0.784. The second-order valence-corrected chi connectivity index (χ2v) is 8.31. The first kappa shape index (κ1) is 18.6. The highest BCUT2D eigenvalue weighted by Crippen LogP contribution is 2.31. The van der Waals surface area contributed by atoms with E-state index in [0.717, 1.165) is 32.0 Å². The van der Waals surface area contributed by atoms with Gasteiger partial charge in [-0.2, -0.15) is 4.31 Å². The van der Waals surface area contributed by atoms with E-state index in [0.29, 0.717) is 30.5 Å². The van der Waals surface area contributed by atoms with E-state index < -0.39 is 15.8 Å². The van der Waals surface area contributed by atoms with Crippen molar-refractivity contribution in [2.24, 2.45) is 11.8 Å². The van der Waals surface area contributed by atoms with Crippen LogP contribution in [0.1, 0.15) is 24.8 Å². The molecule has 23 heavy (non-hydrogen) atoms. The van der Waals surface area contributed by atoms with Gasteiger partial charge in [0.1, 0.15) is 5.82 Å². The van der Waals surface area contributed by atoms with E-state index in [1.165, 1.54) is 22.9 Å². The number of benzene rings is 1. The quantitative estimate of drug-likeness (QED) is 0.899. The molecule has 4 nitrogen and oxygen atoms in total. The van der Waals surface area contributed by atoms with Gasteiger partial charge in [-0.1, -0.05) is 6.07 Å². The third-order valence-electron chi connectivity index (χ3n) is 5.03. The zero-order chi connectivity index (χ0) is 15.7. The SMILES string of the molecule is Cc1ccc(F)cc1S(=O)(=O)N1CCC(C2CCNC2)CC1.Cl. The van der Waals surface area contributed by atoms with Crippen molar-refractivity contribution in [1.29, 1.82) is 0 Å². The van der Waals surface area contributed by atoms with E-state index in [1.54, 1.807) is 6.92 Å². The Kier molecular flexibility index (Phi) is 6.05. The number of halogens is 2. The minimum absolute atomic E-state index is 0. The third-order valence-corrected chi connectivity index (χ3v) is 7.07. The summed E-state index contributed by atoms with van der Waals surface area (Å²) in [7, 11) is -3.58. The molecule has 1 unspecified atom stereocenters. The van der Waals surface area contributed by atoms with Crippen LogP contribution in [0.25, 0.3) is 0 Å². The van der Waals surface area contributed by atoms with Crippen molar-refractivity contribution in [2.75, 3.05) is 26.2 Å². The molecule has 1 N–H and O–H groups in total. The summed E-state index contributed by atoms with van der Waals surface area (Å²) in [6.07, 6.45) is 3.00. The fourth-order valence-electron chi connectivity index (χ4n) is 3.66. The number of nitrogens with zero attached hydrogens (tertiary/aromatic N) is 1. The van der Waals surface area contributed by atoms with Gasteiger partial charge in [-0.3, -0.25) is 0 Å². The summed E-state index contributed by atoms with van der Waals surface area (Å²) >= 11 is 0. The van der Waals surface area contributed by atoms with E-state index in [1.807, 2.05) is 0 Å². The van der Waals surface area contributed by atoms with Crippen LogP contribution in [0.5, 0.6) is 0 Å². The molecule has 7 heteroatoms. The van der Waals surface area contributed by atoms with Crippen molar-refractivity contribution in [3.63, 3.8) is 0 Å². The molecular formula is C16H24ClFN2O2S. The molecule has 0 aliphatic carbocycles. The Bertz CT molecular complexity index is 639. The molecule has 1 aromatic carbocycles. The molecule has 0 saturated carbocycles. The van der Waals surface area contributed by atoms with Gasteiger partial charge in [-0.25, -0.2) is 12.8 Å². The molecular weight excluding hydrogens is 339 g/mol. The van der Waals surface area contributed by atoms with Crippen molar-refractivity contribution in [1.82, 2.24) is 9.62 Å². The lowest BCUT2D eigenvalue weighted by Gasteiger charge is -2.34. The second kappa shape index (κ2) is 7.47. The smallest absolute Gasteiger partial charge is 0.243 e. The van der Waals surface area contributed by atoms with Crippen LogP contribution in [0.3, 0.4) is 0 Å². The lowest BCUT2D eigenvalue weighted by atomic mass is 9.84. The maximum atomic E-state index is 13.4. The Hall–Kier alpha value is -0.690. The van der Waals surface area contributed by atoms with Gasteiger partial charge in [0.15, 0.2) is 0 Å². The molecule has 3 rings (SSSR count). The maximum absolute atomic E-state index is 13.4. The van der Waals surface area contributed by atoms with Crippen LogP contribution in [-0.4, -0.2) is 38.9 Å². The summed E-state index contributed by atoms with van der Waals surface area (Å²) < 4.78 is 40.4. The second-order valence-electron chi connectivity index (χ2n) is 6.40. The summed E-state index contributed by atoms with van der Waals surface area (Å²) in [4.78, 5) is 0.105. The first-order valence-corrected chi connectivity index (χ1v) is 9.39. The van der Waals surface area contributed by atoms with Crippen molar-refractivity contribution in [3.05, 3.63) is 29.6 Å². The van der Waals surface area contributed by atoms with Crippen LogP contribution in [0.2, 0.25) is 0 Å². The average molecular weight is 363 g/mol. The Morgan fingerprint density at radius 1 is 1.17 bits per heavy atom. The molecule has 0 bridgehead atoms. The van der Waals surface area contributed by atoms with Gasteiger partial charge in [0, 0.05) is 13.1 Å².